The maximum Gasteiger partial charge on any atom is 0.252 e. The molecule has 2 heterocycles. The molecule has 0 aliphatic heterocycles. The molecule has 116 valence electrons. The molecule has 3 rings (SSSR count). The number of thiazole rings is 1. The molecule has 0 saturated carbocycles. The van der Waals surface area contributed by atoms with Crippen molar-refractivity contribution in [1.82, 2.24) is 15.3 Å². The number of carbonyl (C=O) groups is 1. The average molecular weight is 323 g/mol. The number of hydrogen-bond donors (Lipinski definition) is 1. The summed E-state index contributed by atoms with van der Waals surface area (Å²) in [6.45, 7) is 2.63. The molecule has 0 fully saturated rings. The molecule has 1 aromatic carbocycles. The fourth-order valence-electron chi connectivity index (χ4n) is 2.15. The lowest BCUT2D eigenvalue weighted by atomic mass is 10.2. The van der Waals surface area contributed by atoms with Gasteiger partial charge in [-0.1, -0.05) is 29.8 Å². The number of nitrogens with zero attached hydrogens (tertiary/aromatic N) is 2. The van der Waals surface area contributed by atoms with Crippen molar-refractivity contribution >= 4 is 17.2 Å². The van der Waals surface area contributed by atoms with Gasteiger partial charge in [-0.05, 0) is 19.1 Å². The molecule has 0 aliphatic carbocycles. The van der Waals surface area contributed by atoms with E-state index in [1.807, 2.05) is 5.38 Å². The lowest BCUT2D eigenvalue weighted by Gasteiger charge is -2.03. The van der Waals surface area contributed by atoms with Crippen LogP contribution < -0.4 is 5.32 Å². The van der Waals surface area contributed by atoms with Crippen LogP contribution in [0, 0.1) is 6.92 Å². The second kappa shape index (κ2) is 7.15. The number of hydrogen-bond acceptors (Lipinski definition) is 4. The molecule has 0 radical (unpaired) electrons. The van der Waals surface area contributed by atoms with Gasteiger partial charge in [0.25, 0.3) is 5.91 Å². The fourth-order valence-corrected chi connectivity index (χ4v) is 3.01. The highest BCUT2D eigenvalue weighted by Crippen LogP contribution is 2.24. The Kier molecular flexibility index (Phi) is 4.78. The third kappa shape index (κ3) is 4.02. The maximum absolute atomic E-state index is 11.9. The third-order valence-corrected chi connectivity index (χ3v) is 4.38. The zero-order valence-corrected chi connectivity index (χ0v) is 13.6. The van der Waals surface area contributed by atoms with Crippen molar-refractivity contribution in [3.8, 4) is 10.6 Å². The van der Waals surface area contributed by atoms with Gasteiger partial charge in [0.05, 0.1) is 11.3 Å². The molecular weight excluding hydrogens is 306 g/mol. The van der Waals surface area contributed by atoms with Crippen LogP contribution in [0.3, 0.4) is 0 Å². The van der Waals surface area contributed by atoms with E-state index in [0.29, 0.717) is 18.5 Å². The molecule has 0 spiro atoms. The van der Waals surface area contributed by atoms with Crippen LogP contribution in [0.15, 0.2) is 54.2 Å². The summed E-state index contributed by atoms with van der Waals surface area (Å²) in [5, 5.41) is 5.95. The summed E-state index contributed by atoms with van der Waals surface area (Å²) >= 11 is 1.63. The molecule has 0 atom stereocenters. The molecule has 2 aromatic heterocycles. The molecule has 0 unspecified atom stereocenters. The molecule has 23 heavy (non-hydrogen) atoms. The first-order valence-corrected chi connectivity index (χ1v) is 8.30. The smallest absolute Gasteiger partial charge is 0.252 e. The fraction of sp³-hybridized carbons (Fsp3) is 0.167. The monoisotopic (exact) mass is 323 g/mol. The Labute approximate surface area is 139 Å². The minimum Gasteiger partial charge on any atom is -0.352 e. The number of amides is 1. The van der Waals surface area contributed by atoms with Gasteiger partial charge in [0.1, 0.15) is 5.01 Å². The predicted octanol–water partition coefficient (Wildman–Crippen LogP) is 3.49. The number of carbonyl (C=O) groups excluding carboxylic acids is 1. The van der Waals surface area contributed by atoms with E-state index in [-0.39, 0.29) is 5.91 Å². The van der Waals surface area contributed by atoms with Gasteiger partial charge in [-0.15, -0.1) is 11.3 Å². The van der Waals surface area contributed by atoms with E-state index in [2.05, 4.69) is 46.5 Å². The zero-order valence-electron chi connectivity index (χ0n) is 12.8. The molecule has 0 saturated heterocycles. The van der Waals surface area contributed by atoms with Gasteiger partial charge in [0.15, 0.2) is 0 Å². The standard InChI is InChI=1S/C18H17N3OS/c1-13-4-6-14(7-5-13)18-21-16(12-23-18)8-10-20-17(22)15-3-2-9-19-11-15/h2-7,9,11-12H,8,10H2,1H3,(H,20,22). The first-order chi connectivity index (χ1) is 11.2. The first-order valence-electron chi connectivity index (χ1n) is 7.42. The number of aromatic nitrogens is 2. The highest BCUT2D eigenvalue weighted by Gasteiger charge is 2.07. The van der Waals surface area contributed by atoms with Crippen molar-refractivity contribution in [1.29, 1.82) is 0 Å². The van der Waals surface area contributed by atoms with E-state index >= 15 is 0 Å². The zero-order chi connectivity index (χ0) is 16.1. The minimum absolute atomic E-state index is 0.105. The summed E-state index contributed by atoms with van der Waals surface area (Å²) in [5.74, 6) is -0.105. The molecule has 3 aromatic rings. The third-order valence-electron chi connectivity index (χ3n) is 3.44. The Balaban J connectivity index is 1.55. The van der Waals surface area contributed by atoms with E-state index in [0.717, 1.165) is 16.3 Å². The molecule has 0 bridgehead atoms. The topological polar surface area (TPSA) is 54.9 Å². The van der Waals surface area contributed by atoms with Crippen LogP contribution in [-0.4, -0.2) is 22.4 Å². The predicted molar refractivity (Wildman–Crippen MR) is 92.6 cm³/mol. The Hall–Kier alpha value is -2.53. The van der Waals surface area contributed by atoms with Gasteiger partial charge in [-0.2, -0.15) is 0 Å². The Bertz CT molecular complexity index is 782. The number of nitrogens with one attached hydrogen (secondary N) is 1. The van der Waals surface area contributed by atoms with E-state index in [1.54, 1.807) is 35.9 Å². The Morgan fingerprint density at radius 2 is 2.04 bits per heavy atom. The Morgan fingerprint density at radius 3 is 2.78 bits per heavy atom. The van der Waals surface area contributed by atoms with E-state index in [9.17, 15) is 4.79 Å². The van der Waals surface area contributed by atoms with Crippen LogP contribution in [0.2, 0.25) is 0 Å². The first kappa shape index (κ1) is 15.4. The van der Waals surface area contributed by atoms with Crippen molar-refractivity contribution in [2.24, 2.45) is 0 Å². The second-order valence-corrected chi connectivity index (χ2v) is 6.12. The van der Waals surface area contributed by atoms with E-state index in [1.165, 1.54) is 5.56 Å². The highest BCUT2D eigenvalue weighted by molar-refractivity contribution is 7.13. The van der Waals surface area contributed by atoms with Crippen LogP contribution in [-0.2, 0) is 6.42 Å². The van der Waals surface area contributed by atoms with Crippen LogP contribution in [0.5, 0.6) is 0 Å². The molecule has 1 N–H and O–H groups in total. The second-order valence-electron chi connectivity index (χ2n) is 5.26. The summed E-state index contributed by atoms with van der Waals surface area (Å²) < 4.78 is 0. The van der Waals surface area contributed by atoms with Crippen molar-refractivity contribution in [3.05, 3.63) is 71.0 Å². The van der Waals surface area contributed by atoms with E-state index < -0.39 is 0 Å². The lowest BCUT2D eigenvalue weighted by Crippen LogP contribution is -2.25. The number of rotatable bonds is 5. The number of aryl methyl sites for hydroxylation is 1. The van der Waals surface area contributed by atoms with Gasteiger partial charge < -0.3 is 5.32 Å². The average Bonchev–Trinajstić information content (AvgIpc) is 3.05. The Morgan fingerprint density at radius 1 is 1.22 bits per heavy atom. The van der Waals surface area contributed by atoms with Crippen LogP contribution >= 0.6 is 11.3 Å². The van der Waals surface area contributed by atoms with Gasteiger partial charge in [0.2, 0.25) is 0 Å². The normalized spacial score (nSPS) is 10.5. The summed E-state index contributed by atoms with van der Waals surface area (Å²) in [7, 11) is 0. The SMILES string of the molecule is Cc1ccc(-c2nc(CCNC(=O)c3cccnc3)cs2)cc1. The summed E-state index contributed by atoms with van der Waals surface area (Å²) in [4.78, 5) is 20.5. The molecular formula is C18H17N3OS. The quantitative estimate of drug-likeness (QED) is 0.782. The summed E-state index contributed by atoms with van der Waals surface area (Å²) in [5.41, 5.74) is 3.94. The van der Waals surface area contributed by atoms with Crippen LogP contribution in [0.25, 0.3) is 10.6 Å². The van der Waals surface area contributed by atoms with Crippen LogP contribution in [0.1, 0.15) is 21.6 Å². The largest absolute Gasteiger partial charge is 0.352 e. The van der Waals surface area contributed by atoms with Crippen molar-refractivity contribution in [3.63, 3.8) is 0 Å². The van der Waals surface area contributed by atoms with Crippen molar-refractivity contribution in [2.45, 2.75) is 13.3 Å². The number of benzene rings is 1. The number of pyridine rings is 1. The van der Waals surface area contributed by atoms with Crippen molar-refractivity contribution < 1.29 is 4.79 Å². The summed E-state index contributed by atoms with van der Waals surface area (Å²) in [6.07, 6.45) is 3.93. The van der Waals surface area contributed by atoms with Gasteiger partial charge in [-0.25, -0.2) is 4.98 Å². The lowest BCUT2D eigenvalue weighted by molar-refractivity contribution is 0.0953. The van der Waals surface area contributed by atoms with Gasteiger partial charge in [-0.3, -0.25) is 9.78 Å². The van der Waals surface area contributed by atoms with Gasteiger partial charge in [0, 0.05) is 36.3 Å². The van der Waals surface area contributed by atoms with Crippen molar-refractivity contribution in [2.75, 3.05) is 6.54 Å². The van der Waals surface area contributed by atoms with E-state index in [4.69, 9.17) is 0 Å². The molecule has 4 nitrogen and oxygen atoms in total. The minimum atomic E-state index is -0.105. The van der Waals surface area contributed by atoms with Crippen LogP contribution in [0.4, 0.5) is 0 Å². The molecule has 0 aliphatic rings. The summed E-state index contributed by atoms with van der Waals surface area (Å²) in [6, 6.07) is 11.9. The van der Waals surface area contributed by atoms with Gasteiger partial charge >= 0.3 is 0 Å². The molecule has 5 heteroatoms. The highest BCUT2D eigenvalue weighted by atomic mass is 32.1. The molecule has 1 amide bonds. The maximum atomic E-state index is 11.9.